The third-order valence-electron chi connectivity index (χ3n) is 3.82. The molecule has 0 bridgehead atoms. The molecule has 0 aliphatic carbocycles. The number of benzene rings is 2. The lowest BCUT2D eigenvalue weighted by Gasteiger charge is -2.07. The van der Waals surface area contributed by atoms with Crippen molar-refractivity contribution in [3.63, 3.8) is 0 Å². The summed E-state index contributed by atoms with van der Waals surface area (Å²) in [5, 5.41) is 3.51. The molecule has 0 fully saturated rings. The Morgan fingerprint density at radius 2 is 1.88 bits per heavy atom. The second-order valence-electron chi connectivity index (χ2n) is 5.82. The van der Waals surface area contributed by atoms with Gasteiger partial charge in [-0.15, -0.1) is 0 Å². The van der Waals surface area contributed by atoms with Gasteiger partial charge in [-0.05, 0) is 61.4 Å². The molecule has 0 atom stereocenters. The highest BCUT2D eigenvalue weighted by Gasteiger charge is 2.07. The number of furan rings is 1. The van der Waals surface area contributed by atoms with Crippen molar-refractivity contribution in [2.75, 3.05) is 5.32 Å². The van der Waals surface area contributed by atoms with E-state index < -0.39 is 0 Å². The number of hydrogen-bond acceptors (Lipinski definition) is 2. The smallest absolute Gasteiger partial charge is 0.248 e. The van der Waals surface area contributed by atoms with Gasteiger partial charge < -0.3 is 9.73 Å². The summed E-state index contributed by atoms with van der Waals surface area (Å²) in [5.41, 5.74) is 3.75. The SMILES string of the molecule is Cc1ccc(C)c(NC(=O)/C=C/c2ccc(-c3ccccc3Cl)o2)c1. The first-order valence-corrected chi connectivity index (χ1v) is 8.32. The van der Waals surface area contributed by atoms with Crippen molar-refractivity contribution < 1.29 is 9.21 Å². The normalized spacial score (nSPS) is 11.0. The highest BCUT2D eigenvalue weighted by molar-refractivity contribution is 6.33. The predicted molar refractivity (Wildman–Crippen MR) is 103 cm³/mol. The molecule has 1 amide bonds. The van der Waals surface area contributed by atoms with Crippen molar-refractivity contribution in [1.82, 2.24) is 0 Å². The summed E-state index contributed by atoms with van der Waals surface area (Å²) >= 11 is 6.17. The number of amides is 1. The second kappa shape index (κ2) is 7.41. The Morgan fingerprint density at radius 3 is 2.68 bits per heavy atom. The first-order chi connectivity index (χ1) is 12.0. The fourth-order valence-corrected chi connectivity index (χ4v) is 2.68. The van der Waals surface area contributed by atoms with E-state index in [2.05, 4.69) is 5.32 Å². The molecule has 0 unspecified atom stereocenters. The van der Waals surface area contributed by atoms with Crippen LogP contribution in [0.2, 0.25) is 5.02 Å². The lowest BCUT2D eigenvalue weighted by atomic mass is 10.1. The van der Waals surface area contributed by atoms with Crippen molar-refractivity contribution in [3.8, 4) is 11.3 Å². The van der Waals surface area contributed by atoms with Crippen LogP contribution in [0, 0.1) is 13.8 Å². The molecule has 3 rings (SSSR count). The van der Waals surface area contributed by atoms with Crippen LogP contribution in [0.4, 0.5) is 5.69 Å². The van der Waals surface area contributed by atoms with E-state index in [1.807, 2.05) is 62.4 Å². The van der Waals surface area contributed by atoms with Gasteiger partial charge >= 0.3 is 0 Å². The molecule has 3 nitrogen and oxygen atoms in total. The second-order valence-corrected chi connectivity index (χ2v) is 6.23. The Hall–Kier alpha value is -2.78. The highest BCUT2D eigenvalue weighted by atomic mass is 35.5. The van der Waals surface area contributed by atoms with E-state index in [4.69, 9.17) is 16.0 Å². The van der Waals surface area contributed by atoms with Crippen LogP contribution in [0.5, 0.6) is 0 Å². The number of carbonyl (C=O) groups is 1. The van der Waals surface area contributed by atoms with Gasteiger partial charge in [0.2, 0.25) is 5.91 Å². The van der Waals surface area contributed by atoms with E-state index in [0.717, 1.165) is 22.4 Å². The third-order valence-corrected chi connectivity index (χ3v) is 4.15. The number of rotatable bonds is 4. The highest BCUT2D eigenvalue weighted by Crippen LogP contribution is 2.29. The molecule has 0 aliphatic rings. The average Bonchev–Trinajstić information content (AvgIpc) is 3.05. The minimum absolute atomic E-state index is 0.204. The summed E-state index contributed by atoms with van der Waals surface area (Å²) in [4.78, 5) is 12.1. The first-order valence-electron chi connectivity index (χ1n) is 7.94. The third kappa shape index (κ3) is 4.20. The van der Waals surface area contributed by atoms with Crippen molar-refractivity contribution in [3.05, 3.63) is 82.6 Å². The largest absolute Gasteiger partial charge is 0.457 e. The molecular weight excluding hydrogens is 334 g/mol. The molecule has 0 saturated carbocycles. The van der Waals surface area contributed by atoms with Crippen molar-refractivity contribution in [2.24, 2.45) is 0 Å². The Labute approximate surface area is 151 Å². The van der Waals surface area contributed by atoms with E-state index >= 15 is 0 Å². The summed E-state index contributed by atoms with van der Waals surface area (Å²) in [6.45, 7) is 3.95. The lowest BCUT2D eigenvalue weighted by Crippen LogP contribution is -2.09. The molecule has 1 aromatic heterocycles. The van der Waals surface area contributed by atoms with E-state index in [-0.39, 0.29) is 5.91 Å². The van der Waals surface area contributed by atoms with Gasteiger partial charge in [-0.1, -0.05) is 35.9 Å². The maximum atomic E-state index is 12.1. The summed E-state index contributed by atoms with van der Waals surface area (Å²) in [7, 11) is 0. The summed E-state index contributed by atoms with van der Waals surface area (Å²) in [6, 6.07) is 17.1. The lowest BCUT2D eigenvalue weighted by molar-refractivity contribution is -0.111. The van der Waals surface area contributed by atoms with Gasteiger partial charge in [0.1, 0.15) is 11.5 Å². The van der Waals surface area contributed by atoms with E-state index in [0.29, 0.717) is 16.5 Å². The fraction of sp³-hybridized carbons (Fsp3) is 0.0952. The van der Waals surface area contributed by atoms with Crippen molar-refractivity contribution in [2.45, 2.75) is 13.8 Å². The zero-order valence-corrected chi connectivity index (χ0v) is 14.8. The molecule has 3 aromatic rings. The van der Waals surface area contributed by atoms with Gasteiger partial charge in [-0.25, -0.2) is 0 Å². The summed E-state index contributed by atoms with van der Waals surface area (Å²) < 4.78 is 5.74. The Bertz CT molecular complexity index is 941. The van der Waals surface area contributed by atoms with Crippen molar-refractivity contribution >= 4 is 29.3 Å². The number of halogens is 1. The monoisotopic (exact) mass is 351 g/mol. The maximum absolute atomic E-state index is 12.1. The number of nitrogens with one attached hydrogen (secondary N) is 1. The summed E-state index contributed by atoms with van der Waals surface area (Å²) in [6.07, 6.45) is 3.10. The van der Waals surface area contributed by atoms with Gasteiger partial charge in [-0.3, -0.25) is 4.79 Å². The van der Waals surface area contributed by atoms with Crippen LogP contribution in [-0.4, -0.2) is 5.91 Å². The van der Waals surface area contributed by atoms with Crippen LogP contribution in [-0.2, 0) is 4.79 Å². The molecule has 0 saturated heterocycles. The van der Waals surface area contributed by atoms with Crippen molar-refractivity contribution in [1.29, 1.82) is 0 Å². The van der Waals surface area contributed by atoms with Gasteiger partial charge in [0.05, 0.1) is 5.02 Å². The molecule has 1 heterocycles. The predicted octanol–water partition coefficient (Wildman–Crippen LogP) is 5.87. The topological polar surface area (TPSA) is 42.2 Å². The number of hydrogen-bond donors (Lipinski definition) is 1. The number of carbonyl (C=O) groups excluding carboxylic acids is 1. The molecule has 126 valence electrons. The van der Waals surface area contributed by atoms with Crippen LogP contribution in [0.1, 0.15) is 16.9 Å². The molecule has 0 aliphatic heterocycles. The molecule has 0 radical (unpaired) electrons. The van der Waals surface area contributed by atoms with Crippen LogP contribution >= 0.6 is 11.6 Å². The zero-order valence-electron chi connectivity index (χ0n) is 14.0. The standard InChI is InChI=1S/C21H18ClNO2/c1-14-7-8-15(2)19(13-14)23-21(24)12-10-16-9-11-20(25-16)17-5-3-4-6-18(17)22/h3-13H,1-2H3,(H,23,24)/b12-10+. The van der Waals surface area contributed by atoms with E-state index in [9.17, 15) is 4.79 Å². The van der Waals surface area contributed by atoms with Crippen LogP contribution in [0.15, 0.2) is 65.1 Å². The first kappa shape index (κ1) is 17.1. The molecule has 1 N–H and O–H groups in total. The van der Waals surface area contributed by atoms with Gasteiger partial charge in [-0.2, -0.15) is 0 Å². The molecule has 4 heteroatoms. The van der Waals surface area contributed by atoms with E-state index in [1.165, 1.54) is 6.08 Å². The number of aryl methyl sites for hydroxylation is 2. The molecule has 25 heavy (non-hydrogen) atoms. The quantitative estimate of drug-likeness (QED) is 0.597. The van der Waals surface area contributed by atoms with Gasteiger partial charge in [0.25, 0.3) is 0 Å². The van der Waals surface area contributed by atoms with Gasteiger partial charge in [0, 0.05) is 17.3 Å². The Balaban J connectivity index is 1.71. The maximum Gasteiger partial charge on any atom is 0.248 e. The number of anilines is 1. The fourth-order valence-electron chi connectivity index (χ4n) is 2.45. The minimum Gasteiger partial charge on any atom is -0.457 e. The van der Waals surface area contributed by atoms with Crippen LogP contribution < -0.4 is 5.32 Å². The van der Waals surface area contributed by atoms with Gasteiger partial charge in [0.15, 0.2) is 0 Å². The van der Waals surface area contributed by atoms with E-state index in [1.54, 1.807) is 12.1 Å². The minimum atomic E-state index is -0.204. The molecular formula is C21H18ClNO2. The van der Waals surface area contributed by atoms with Crippen LogP contribution in [0.3, 0.4) is 0 Å². The molecule has 2 aromatic carbocycles. The Morgan fingerprint density at radius 1 is 1.08 bits per heavy atom. The summed E-state index contributed by atoms with van der Waals surface area (Å²) in [5.74, 6) is 1.05. The average molecular weight is 352 g/mol. The van der Waals surface area contributed by atoms with Crippen LogP contribution in [0.25, 0.3) is 17.4 Å². The Kier molecular flexibility index (Phi) is 5.05. The zero-order chi connectivity index (χ0) is 17.8. The molecule has 0 spiro atoms.